The van der Waals surface area contributed by atoms with Crippen LogP contribution in [-0.2, 0) is 24.1 Å². The zero-order valence-corrected chi connectivity index (χ0v) is 14.2. The minimum atomic E-state index is 0.0664. The summed E-state index contributed by atoms with van der Waals surface area (Å²) in [7, 11) is 0. The molecule has 1 aromatic carbocycles. The van der Waals surface area contributed by atoms with Gasteiger partial charge in [-0.3, -0.25) is 4.79 Å². The number of hydrogen-bond donors (Lipinski definition) is 1. The van der Waals surface area contributed by atoms with E-state index in [4.69, 9.17) is 0 Å². The van der Waals surface area contributed by atoms with Gasteiger partial charge in [0.1, 0.15) is 0 Å². The number of aromatic nitrogens is 1. The molecule has 3 nitrogen and oxygen atoms in total. The maximum absolute atomic E-state index is 12.7. The largest absolute Gasteiger partial charge is 0.325 e. The number of carbonyl (C=O) groups is 1. The first-order valence-corrected chi connectivity index (χ1v) is 8.74. The molecular formula is C18H22N2OS. The zero-order chi connectivity index (χ0) is 15.7. The van der Waals surface area contributed by atoms with Crippen LogP contribution in [0.5, 0.6) is 0 Å². The van der Waals surface area contributed by atoms with Crippen molar-refractivity contribution in [3.8, 4) is 0 Å². The van der Waals surface area contributed by atoms with Crippen LogP contribution in [0.2, 0.25) is 0 Å². The Balaban J connectivity index is 1.76. The van der Waals surface area contributed by atoms with Crippen LogP contribution in [0.15, 0.2) is 18.2 Å². The Bertz CT molecular complexity index is 705. The number of benzene rings is 1. The van der Waals surface area contributed by atoms with Gasteiger partial charge in [0.05, 0.1) is 10.7 Å². The summed E-state index contributed by atoms with van der Waals surface area (Å²) in [6, 6.07) is 6.20. The van der Waals surface area contributed by atoms with E-state index in [1.54, 1.807) is 11.3 Å². The van der Waals surface area contributed by atoms with Crippen molar-refractivity contribution in [2.75, 3.05) is 5.32 Å². The second kappa shape index (κ2) is 6.21. The van der Waals surface area contributed by atoms with Crippen LogP contribution in [-0.4, -0.2) is 10.9 Å². The number of amides is 1. The molecule has 1 aliphatic carbocycles. The van der Waals surface area contributed by atoms with Crippen molar-refractivity contribution in [2.24, 2.45) is 5.92 Å². The first-order chi connectivity index (χ1) is 10.6. The number of hydrogen-bond acceptors (Lipinski definition) is 3. The van der Waals surface area contributed by atoms with Crippen LogP contribution < -0.4 is 5.32 Å². The first kappa shape index (κ1) is 15.2. The first-order valence-electron chi connectivity index (χ1n) is 7.93. The van der Waals surface area contributed by atoms with E-state index in [1.807, 2.05) is 6.92 Å². The lowest BCUT2D eigenvalue weighted by Crippen LogP contribution is -2.28. The molecule has 2 aromatic rings. The predicted molar refractivity (Wildman–Crippen MR) is 91.6 cm³/mol. The SMILES string of the molecule is CCc1cccc(C)c1NC(=O)C1CCc2nc(C)sc2C1. The third kappa shape index (κ3) is 2.93. The highest BCUT2D eigenvalue weighted by Crippen LogP contribution is 2.31. The Hall–Kier alpha value is -1.68. The topological polar surface area (TPSA) is 42.0 Å². The number of fused-ring (bicyclic) bond motifs is 1. The van der Waals surface area contributed by atoms with Gasteiger partial charge in [-0.1, -0.05) is 25.1 Å². The molecule has 0 bridgehead atoms. The summed E-state index contributed by atoms with van der Waals surface area (Å²) in [5.74, 6) is 0.220. The van der Waals surface area contributed by atoms with E-state index in [-0.39, 0.29) is 11.8 Å². The van der Waals surface area contributed by atoms with E-state index in [1.165, 1.54) is 16.1 Å². The van der Waals surface area contributed by atoms with Gasteiger partial charge in [-0.25, -0.2) is 4.98 Å². The smallest absolute Gasteiger partial charge is 0.227 e. The van der Waals surface area contributed by atoms with Gasteiger partial charge in [0.25, 0.3) is 0 Å². The molecule has 22 heavy (non-hydrogen) atoms. The molecule has 0 spiro atoms. The molecule has 1 aromatic heterocycles. The summed E-state index contributed by atoms with van der Waals surface area (Å²) < 4.78 is 0. The minimum absolute atomic E-state index is 0.0664. The van der Waals surface area contributed by atoms with Crippen molar-refractivity contribution in [2.45, 2.75) is 46.5 Å². The average Bonchev–Trinajstić information content (AvgIpc) is 2.88. The van der Waals surface area contributed by atoms with Crippen molar-refractivity contribution in [3.05, 3.63) is 44.9 Å². The number of thiazole rings is 1. The van der Waals surface area contributed by atoms with Crippen LogP contribution >= 0.6 is 11.3 Å². The normalized spacial score (nSPS) is 17.1. The molecule has 1 amide bonds. The van der Waals surface area contributed by atoms with Crippen molar-refractivity contribution in [1.29, 1.82) is 0 Å². The van der Waals surface area contributed by atoms with Gasteiger partial charge in [-0.05, 0) is 50.7 Å². The van der Waals surface area contributed by atoms with E-state index >= 15 is 0 Å². The third-order valence-electron chi connectivity index (χ3n) is 4.41. The average molecular weight is 314 g/mol. The summed E-state index contributed by atoms with van der Waals surface area (Å²) in [4.78, 5) is 18.5. The maximum atomic E-state index is 12.7. The molecule has 1 atom stereocenters. The van der Waals surface area contributed by atoms with E-state index < -0.39 is 0 Å². The fourth-order valence-corrected chi connectivity index (χ4v) is 4.22. The van der Waals surface area contributed by atoms with Crippen molar-refractivity contribution in [1.82, 2.24) is 4.98 Å². The summed E-state index contributed by atoms with van der Waals surface area (Å²) >= 11 is 1.74. The summed E-state index contributed by atoms with van der Waals surface area (Å²) in [5, 5.41) is 4.29. The van der Waals surface area contributed by atoms with E-state index in [0.29, 0.717) is 0 Å². The molecule has 1 heterocycles. The second-order valence-corrected chi connectivity index (χ2v) is 7.28. The Kier molecular flexibility index (Phi) is 4.30. The fraction of sp³-hybridized carbons (Fsp3) is 0.444. The number of anilines is 1. The van der Waals surface area contributed by atoms with E-state index in [0.717, 1.165) is 41.9 Å². The van der Waals surface area contributed by atoms with E-state index in [2.05, 4.69) is 42.3 Å². The van der Waals surface area contributed by atoms with Gasteiger partial charge < -0.3 is 5.32 Å². The zero-order valence-electron chi connectivity index (χ0n) is 13.4. The third-order valence-corrected chi connectivity index (χ3v) is 5.44. The van der Waals surface area contributed by atoms with E-state index in [9.17, 15) is 4.79 Å². The van der Waals surface area contributed by atoms with Gasteiger partial charge in [0.15, 0.2) is 0 Å². The second-order valence-electron chi connectivity index (χ2n) is 5.99. The van der Waals surface area contributed by atoms with Gasteiger partial charge in [0.2, 0.25) is 5.91 Å². The quantitative estimate of drug-likeness (QED) is 0.928. The van der Waals surface area contributed by atoms with Crippen molar-refractivity contribution >= 4 is 22.9 Å². The molecule has 0 aliphatic heterocycles. The highest BCUT2D eigenvalue weighted by molar-refractivity contribution is 7.11. The summed E-state index contributed by atoms with van der Waals surface area (Å²) in [5.41, 5.74) is 4.55. The minimum Gasteiger partial charge on any atom is -0.325 e. The molecular weight excluding hydrogens is 292 g/mol. The number of rotatable bonds is 3. The van der Waals surface area contributed by atoms with Gasteiger partial charge in [-0.2, -0.15) is 0 Å². The van der Waals surface area contributed by atoms with Gasteiger partial charge in [0, 0.05) is 16.5 Å². The molecule has 0 saturated heterocycles. The number of nitrogens with zero attached hydrogens (tertiary/aromatic N) is 1. The van der Waals surface area contributed by atoms with Crippen molar-refractivity contribution in [3.63, 3.8) is 0 Å². The molecule has 1 aliphatic rings. The summed E-state index contributed by atoms with van der Waals surface area (Å²) in [6.07, 6.45) is 3.58. The van der Waals surface area contributed by atoms with Crippen molar-refractivity contribution < 1.29 is 4.79 Å². The number of nitrogens with one attached hydrogen (secondary N) is 1. The molecule has 0 fully saturated rings. The predicted octanol–water partition coefficient (Wildman–Crippen LogP) is 4.07. The monoisotopic (exact) mass is 314 g/mol. The van der Waals surface area contributed by atoms with Crippen LogP contribution in [0.3, 0.4) is 0 Å². The molecule has 0 saturated carbocycles. The van der Waals surface area contributed by atoms with Crippen LogP contribution in [0.4, 0.5) is 5.69 Å². The molecule has 1 N–H and O–H groups in total. The standard InChI is InChI=1S/C18H22N2OS/c1-4-13-7-5-6-11(2)17(13)20-18(21)14-8-9-15-16(10-14)22-12(3)19-15/h5-7,14H,4,8-10H2,1-3H3,(H,20,21). The lowest BCUT2D eigenvalue weighted by atomic mass is 9.90. The number of aryl methyl sites for hydroxylation is 4. The Morgan fingerprint density at radius 1 is 1.41 bits per heavy atom. The van der Waals surface area contributed by atoms with Crippen LogP contribution in [0, 0.1) is 19.8 Å². The number of para-hydroxylation sites is 1. The fourth-order valence-electron chi connectivity index (χ4n) is 3.16. The Labute approximate surface area is 135 Å². The maximum Gasteiger partial charge on any atom is 0.227 e. The highest BCUT2D eigenvalue weighted by atomic mass is 32.1. The molecule has 116 valence electrons. The lowest BCUT2D eigenvalue weighted by Gasteiger charge is -2.22. The molecule has 3 rings (SSSR count). The van der Waals surface area contributed by atoms with Crippen LogP contribution in [0.25, 0.3) is 0 Å². The van der Waals surface area contributed by atoms with Gasteiger partial charge in [-0.15, -0.1) is 11.3 Å². The molecule has 4 heteroatoms. The van der Waals surface area contributed by atoms with Crippen LogP contribution in [0.1, 0.15) is 40.1 Å². The van der Waals surface area contributed by atoms with Gasteiger partial charge >= 0.3 is 0 Å². The lowest BCUT2D eigenvalue weighted by molar-refractivity contribution is -0.120. The highest BCUT2D eigenvalue weighted by Gasteiger charge is 2.27. The molecule has 0 radical (unpaired) electrons. The molecule has 1 unspecified atom stereocenters. The number of carbonyl (C=O) groups excluding carboxylic acids is 1. The summed E-state index contributed by atoms with van der Waals surface area (Å²) in [6.45, 7) is 6.22. The Morgan fingerprint density at radius 3 is 3.00 bits per heavy atom. The Morgan fingerprint density at radius 2 is 2.23 bits per heavy atom.